The Hall–Kier alpha value is -2.35. The molecule has 0 saturated heterocycles. The van der Waals surface area contributed by atoms with Gasteiger partial charge < -0.3 is 15.3 Å². The van der Waals surface area contributed by atoms with E-state index in [9.17, 15) is 9.59 Å². The van der Waals surface area contributed by atoms with E-state index in [4.69, 9.17) is 5.11 Å². The Morgan fingerprint density at radius 2 is 2.00 bits per heavy atom. The van der Waals surface area contributed by atoms with Crippen LogP contribution >= 0.6 is 0 Å². The number of carboxylic acids is 1. The van der Waals surface area contributed by atoms with Gasteiger partial charge in [0.2, 0.25) is 0 Å². The number of carboxylic acid groups (broad SMARTS) is 1. The molecule has 3 rings (SSSR count). The van der Waals surface area contributed by atoms with Crippen LogP contribution in [0.15, 0.2) is 18.3 Å². The van der Waals surface area contributed by atoms with E-state index in [2.05, 4.69) is 20.5 Å². The van der Waals surface area contributed by atoms with E-state index in [1.54, 1.807) is 12.3 Å². The van der Waals surface area contributed by atoms with Crippen LogP contribution in [0.1, 0.15) is 25.7 Å². The first-order valence-corrected chi connectivity index (χ1v) is 9.07. The molecule has 2 aliphatic carbocycles. The molecule has 0 aromatic carbocycles. The van der Waals surface area contributed by atoms with Gasteiger partial charge in [-0.25, -0.2) is 9.78 Å². The molecule has 0 radical (unpaired) electrons. The van der Waals surface area contributed by atoms with Gasteiger partial charge >= 0.3 is 12.0 Å². The van der Waals surface area contributed by atoms with Crippen molar-refractivity contribution >= 4 is 23.5 Å². The number of hydrogen-bond acceptors (Lipinski definition) is 5. The van der Waals surface area contributed by atoms with Gasteiger partial charge in [-0.15, -0.1) is 0 Å². The molecule has 0 aliphatic heterocycles. The van der Waals surface area contributed by atoms with Crippen molar-refractivity contribution < 1.29 is 14.7 Å². The fraction of sp³-hybridized carbons (Fsp3) is 0.611. The average molecular weight is 361 g/mol. The van der Waals surface area contributed by atoms with E-state index in [-0.39, 0.29) is 24.7 Å². The summed E-state index contributed by atoms with van der Waals surface area (Å²) >= 11 is 0. The minimum atomic E-state index is -0.785. The number of nitrogens with one attached hydrogen (secondary N) is 2. The molecule has 2 aliphatic rings. The SMILES string of the molecule is CN(C)c1ccc(NC(=O)NC2CC(N(CC(=O)O)CC3CC3)C2)nc1. The van der Waals surface area contributed by atoms with Crippen LogP contribution in [0.4, 0.5) is 16.3 Å². The molecule has 2 amide bonds. The summed E-state index contributed by atoms with van der Waals surface area (Å²) in [7, 11) is 3.86. The lowest BCUT2D eigenvalue weighted by atomic mass is 9.85. The van der Waals surface area contributed by atoms with Crippen LogP contribution in [-0.4, -0.2) is 66.3 Å². The number of carbonyl (C=O) groups is 2. The summed E-state index contributed by atoms with van der Waals surface area (Å²) in [4.78, 5) is 31.4. The summed E-state index contributed by atoms with van der Waals surface area (Å²) < 4.78 is 0. The third kappa shape index (κ3) is 5.08. The van der Waals surface area contributed by atoms with Gasteiger partial charge in [-0.05, 0) is 43.7 Å². The maximum Gasteiger partial charge on any atom is 0.320 e. The van der Waals surface area contributed by atoms with Gasteiger partial charge in [0.25, 0.3) is 0 Å². The Balaban J connectivity index is 1.42. The molecule has 0 atom stereocenters. The minimum absolute atomic E-state index is 0.0801. The number of aromatic nitrogens is 1. The minimum Gasteiger partial charge on any atom is -0.480 e. The van der Waals surface area contributed by atoms with Crippen molar-refractivity contribution in [3.05, 3.63) is 18.3 Å². The number of rotatable bonds is 8. The quantitative estimate of drug-likeness (QED) is 0.651. The summed E-state index contributed by atoms with van der Waals surface area (Å²) in [5, 5.41) is 14.8. The van der Waals surface area contributed by atoms with Crippen LogP contribution in [-0.2, 0) is 4.79 Å². The van der Waals surface area contributed by atoms with Crippen molar-refractivity contribution in [3.63, 3.8) is 0 Å². The zero-order chi connectivity index (χ0) is 18.7. The second-order valence-electron chi connectivity index (χ2n) is 7.48. The fourth-order valence-electron chi connectivity index (χ4n) is 3.21. The summed E-state index contributed by atoms with van der Waals surface area (Å²) in [6.07, 6.45) is 5.69. The highest BCUT2D eigenvalue weighted by Crippen LogP contribution is 2.33. The van der Waals surface area contributed by atoms with Gasteiger partial charge in [0.15, 0.2) is 0 Å². The van der Waals surface area contributed by atoms with Gasteiger partial charge in [0, 0.05) is 32.7 Å². The number of anilines is 2. The van der Waals surface area contributed by atoms with Crippen molar-refractivity contribution in [1.82, 2.24) is 15.2 Å². The molecule has 3 N–H and O–H groups in total. The van der Waals surface area contributed by atoms with Crippen molar-refractivity contribution in [2.45, 2.75) is 37.8 Å². The average Bonchev–Trinajstić information content (AvgIpc) is 3.34. The number of aliphatic carboxylic acids is 1. The highest BCUT2D eigenvalue weighted by molar-refractivity contribution is 5.88. The molecule has 142 valence electrons. The smallest absolute Gasteiger partial charge is 0.320 e. The van der Waals surface area contributed by atoms with Gasteiger partial charge in [0.1, 0.15) is 5.82 Å². The molecule has 26 heavy (non-hydrogen) atoms. The van der Waals surface area contributed by atoms with Crippen LogP contribution in [0.3, 0.4) is 0 Å². The number of amides is 2. The first-order valence-electron chi connectivity index (χ1n) is 9.07. The summed E-state index contributed by atoms with van der Waals surface area (Å²) in [5.74, 6) is 0.373. The lowest BCUT2D eigenvalue weighted by Gasteiger charge is -2.42. The Bertz CT molecular complexity index is 639. The maximum absolute atomic E-state index is 12.1. The molecule has 1 aromatic rings. The van der Waals surface area contributed by atoms with E-state index >= 15 is 0 Å². The van der Waals surface area contributed by atoms with Crippen molar-refractivity contribution in [3.8, 4) is 0 Å². The zero-order valence-electron chi connectivity index (χ0n) is 15.3. The van der Waals surface area contributed by atoms with Crippen molar-refractivity contribution in [1.29, 1.82) is 0 Å². The number of hydrogen-bond donors (Lipinski definition) is 3. The van der Waals surface area contributed by atoms with Crippen LogP contribution in [0.25, 0.3) is 0 Å². The summed E-state index contributed by atoms with van der Waals surface area (Å²) in [6.45, 7) is 0.945. The molecule has 2 saturated carbocycles. The standard InChI is InChI=1S/C18H27N5O3/c1-22(2)14-5-6-16(19-9-14)21-18(26)20-13-7-15(8-13)23(11-17(24)25)10-12-3-4-12/h5-6,9,12-13,15H,3-4,7-8,10-11H2,1-2H3,(H,24,25)(H2,19,20,21,26). The van der Waals surface area contributed by atoms with Gasteiger partial charge in [-0.3, -0.25) is 15.0 Å². The van der Waals surface area contributed by atoms with Gasteiger partial charge in [0.05, 0.1) is 18.4 Å². The number of pyridine rings is 1. The monoisotopic (exact) mass is 361 g/mol. The second-order valence-corrected chi connectivity index (χ2v) is 7.48. The molecular formula is C18H27N5O3. The zero-order valence-corrected chi connectivity index (χ0v) is 15.3. The lowest BCUT2D eigenvalue weighted by molar-refractivity contribution is -0.139. The number of nitrogens with zero attached hydrogens (tertiary/aromatic N) is 3. The fourth-order valence-corrected chi connectivity index (χ4v) is 3.21. The Kier molecular flexibility index (Phi) is 5.61. The van der Waals surface area contributed by atoms with Crippen LogP contribution in [0.5, 0.6) is 0 Å². The Morgan fingerprint density at radius 3 is 2.54 bits per heavy atom. The molecule has 8 heteroatoms. The third-order valence-electron chi connectivity index (χ3n) is 5.00. The molecule has 8 nitrogen and oxygen atoms in total. The molecule has 0 unspecified atom stereocenters. The van der Waals surface area contributed by atoms with Gasteiger partial charge in [-0.1, -0.05) is 0 Å². The summed E-state index contributed by atoms with van der Waals surface area (Å²) in [5.41, 5.74) is 0.965. The molecular weight excluding hydrogens is 334 g/mol. The van der Waals surface area contributed by atoms with Crippen LogP contribution < -0.4 is 15.5 Å². The van der Waals surface area contributed by atoms with E-state index in [1.807, 2.05) is 25.1 Å². The molecule has 2 fully saturated rings. The maximum atomic E-state index is 12.1. The molecule has 1 heterocycles. The second kappa shape index (κ2) is 7.90. The van der Waals surface area contributed by atoms with Crippen LogP contribution in [0, 0.1) is 5.92 Å². The number of urea groups is 1. The normalized spacial score (nSPS) is 21.8. The molecule has 0 bridgehead atoms. The van der Waals surface area contributed by atoms with Gasteiger partial charge in [-0.2, -0.15) is 0 Å². The predicted octanol–water partition coefficient (Wildman–Crippen LogP) is 1.60. The molecule has 0 spiro atoms. The number of carbonyl (C=O) groups excluding carboxylic acids is 1. The summed E-state index contributed by atoms with van der Waals surface area (Å²) in [6, 6.07) is 3.71. The van der Waals surface area contributed by atoms with Crippen molar-refractivity contribution in [2.75, 3.05) is 37.4 Å². The van der Waals surface area contributed by atoms with Crippen LogP contribution in [0.2, 0.25) is 0 Å². The molecule has 1 aromatic heterocycles. The largest absolute Gasteiger partial charge is 0.480 e. The Morgan fingerprint density at radius 1 is 1.27 bits per heavy atom. The van der Waals surface area contributed by atoms with Crippen molar-refractivity contribution in [2.24, 2.45) is 5.92 Å². The first-order chi connectivity index (χ1) is 12.4. The Labute approximate surface area is 153 Å². The predicted molar refractivity (Wildman–Crippen MR) is 99.5 cm³/mol. The third-order valence-corrected chi connectivity index (χ3v) is 5.00. The van der Waals surface area contributed by atoms with E-state index in [1.165, 1.54) is 12.8 Å². The highest BCUT2D eigenvalue weighted by Gasteiger charge is 2.37. The first kappa shape index (κ1) is 18.4. The lowest BCUT2D eigenvalue weighted by Crippen LogP contribution is -2.55. The topological polar surface area (TPSA) is 97.8 Å². The highest BCUT2D eigenvalue weighted by atomic mass is 16.4. The van der Waals surface area contributed by atoms with E-state index < -0.39 is 5.97 Å². The van der Waals surface area contributed by atoms with E-state index in [0.717, 1.165) is 25.1 Å². The van der Waals surface area contributed by atoms with E-state index in [0.29, 0.717) is 11.7 Å².